The number of piperidine rings is 1. The van der Waals surface area contributed by atoms with Gasteiger partial charge in [-0.3, -0.25) is 0 Å². The van der Waals surface area contributed by atoms with Crippen LogP contribution < -0.4 is 0 Å². The van der Waals surface area contributed by atoms with Gasteiger partial charge in [0.2, 0.25) is 0 Å². The maximum Gasteiger partial charge on any atom is 0.410 e. The SMILES string of the molecule is CN(C(=O)OC(C)(C)C)C1CC(CN2CCC(CCCc3ccc(F)cc3)CC2)C(c2ccccc2)C1. The average Bonchev–Trinajstić information content (AvgIpc) is 3.29. The van der Waals surface area contributed by atoms with E-state index in [0.717, 1.165) is 44.8 Å². The van der Waals surface area contributed by atoms with Gasteiger partial charge in [0.25, 0.3) is 0 Å². The molecule has 0 bridgehead atoms. The van der Waals surface area contributed by atoms with Crippen LogP contribution in [0, 0.1) is 17.7 Å². The summed E-state index contributed by atoms with van der Waals surface area (Å²) in [4.78, 5) is 17.3. The van der Waals surface area contributed by atoms with E-state index in [9.17, 15) is 9.18 Å². The molecule has 1 amide bonds. The van der Waals surface area contributed by atoms with Gasteiger partial charge in [0.05, 0.1) is 0 Å². The molecule has 0 spiro atoms. The molecule has 1 heterocycles. The van der Waals surface area contributed by atoms with E-state index < -0.39 is 5.60 Å². The Hall–Kier alpha value is -2.40. The van der Waals surface area contributed by atoms with Crippen LogP contribution in [0.2, 0.25) is 0 Å². The Bertz CT molecular complexity index is 980. The lowest BCUT2D eigenvalue weighted by atomic mass is 9.87. The zero-order chi connectivity index (χ0) is 26.4. The van der Waals surface area contributed by atoms with Crippen LogP contribution in [0.5, 0.6) is 0 Å². The molecule has 5 heteroatoms. The number of aryl methyl sites for hydroxylation is 1. The molecule has 2 fully saturated rings. The minimum absolute atomic E-state index is 0.157. The molecule has 37 heavy (non-hydrogen) atoms. The minimum atomic E-state index is -0.481. The lowest BCUT2D eigenvalue weighted by molar-refractivity contribution is 0.0221. The zero-order valence-electron chi connectivity index (χ0n) is 23.2. The largest absolute Gasteiger partial charge is 0.444 e. The van der Waals surface area contributed by atoms with Crippen molar-refractivity contribution in [3.05, 3.63) is 71.5 Å². The standard InChI is InChI=1S/C32H45FN2O2/c1-32(2,3)37-31(36)34(4)29-21-27(30(22-29)26-11-6-5-7-12-26)23-35-19-17-25(18-20-35)10-8-9-24-13-15-28(33)16-14-24/h5-7,11-16,25,27,29-30H,8-10,17-23H2,1-4H3. The molecule has 2 aliphatic rings. The molecule has 1 saturated heterocycles. The normalized spacial score (nSPS) is 23.2. The molecule has 4 rings (SSSR count). The first-order valence-corrected chi connectivity index (χ1v) is 14.2. The Labute approximate surface area is 223 Å². The van der Waals surface area contributed by atoms with E-state index in [1.165, 1.54) is 36.8 Å². The van der Waals surface area contributed by atoms with E-state index in [1.807, 2.05) is 44.9 Å². The van der Waals surface area contributed by atoms with Crippen molar-refractivity contribution >= 4 is 6.09 Å². The number of halogens is 1. The van der Waals surface area contributed by atoms with Gasteiger partial charge in [-0.25, -0.2) is 9.18 Å². The molecular formula is C32H45FN2O2. The summed E-state index contributed by atoms with van der Waals surface area (Å²) in [6.07, 6.45) is 7.77. The lowest BCUT2D eigenvalue weighted by Gasteiger charge is -2.35. The number of hydrogen-bond acceptors (Lipinski definition) is 3. The van der Waals surface area contributed by atoms with Crippen LogP contribution in [0.3, 0.4) is 0 Å². The van der Waals surface area contributed by atoms with Crippen molar-refractivity contribution in [2.75, 3.05) is 26.7 Å². The van der Waals surface area contributed by atoms with Gasteiger partial charge in [-0.05, 0) is 113 Å². The number of amides is 1. The molecule has 2 aromatic carbocycles. The maximum atomic E-state index is 13.1. The zero-order valence-corrected chi connectivity index (χ0v) is 23.2. The van der Waals surface area contributed by atoms with E-state index in [4.69, 9.17) is 4.74 Å². The van der Waals surface area contributed by atoms with Gasteiger partial charge in [-0.1, -0.05) is 48.9 Å². The van der Waals surface area contributed by atoms with E-state index in [1.54, 1.807) is 12.1 Å². The number of likely N-dealkylation sites (tertiary alicyclic amines) is 1. The summed E-state index contributed by atoms with van der Waals surface area (Å²) < 4.78 is 18.8. The molecule has 3 atom stereocenters. The topological polar surface area (TPSA) is 32.8 Å². The van der Waals surface area contributed by atoms with Crippen LogP contribution in [-0.2, 0) is 11.2 Å². The Kier molecular flexibility index (Phi) is 9.28. The highest BCUT2D eigenvalue weighted by atomic mass is 19.1. The summed E-state index contributed by atoms with van der Waals surface area (Å²) in [6.45, 7) is 9.19. The summed E-state index contributed by atoms with van der Waals surface area (Å²) >= 11 is 0. The fraction of sp³-hybridized carbons (Fsp3) is 0.594. The minimum Gasteiger partial charge on any atom is -0.444 e. The Morgan fingerprint density at radius 2 is 1.70 bits per heavy atom. The molecule has 1 aliphatic heterocycles. The molecule has 1 aliphatic carbocycles. The average molecular weight is 509 g/mol. The van der Waals surface area contributed by atoms with Crippen molar-refractivity contribution in [1.29, 1.82) is 0 Å². The molecule has 2 aromatic rings. The summed E-state index contributed by atoms with van der Waals surface area (Å²) in [5.74, 6) is 1.63. The molecule has 0 aromatic heterocycles. The summed E-state index contributed by atoms with van der Waals surface area (Å²) in [5, 5.41) is 0. The fourth-order valence-corrected chi connectivity index (χ4v) is 6.24. The van der Waals surface area contributed by atoms with Gasteiger partial charge < -0.3 is 14.5 Å². The predicted molar refractivity (Wildman–Crippen MR) is 148 cm³/mol. The Morgan fingerprint density at radius 1 is 1.03 bits per heavy atom. The molecule has 202 valence electrons. The first-order chi connectivity index (χ1) is 17.7. The Balaban J connectivity index is 1.29. The van der Waals surface area contributed by atoms with E-state index in [2.05, 4.69) is 35.2 Å². The van der Waals surface area contributed by atoms with Crippen LogP contribution >= 0.6 is 0 Å². The van der Waals surface area contributed by atoms with Gasteiger partial charge in [-0.2, -0.15) is 0 Å². The van der Waals surface area contributed by atoms with E-state index in [-0.39, 0.29) is 18.0 Å². The van der Waals surface area contributed by atoms with E-state index >= 15 is 0 Å². The van der Waals surface area contributed by atoms with Crippen molar-refractivity contribution in [3.8, 4) is 0 Å². The van der Waals surface area contributed by atoms with Crippen molar-refractivity contribution in [1.82, 2.24) is 9.80 Å². The van der Waals surface area contributed by atoms with Gasteiger partial charge in [-0.15, -0.1) is 0 Å². The number of hydrogen-bond donors (Lipinski definition) is 0. The number of carbonyl (C=O) groups excluding carboxylic acids is 1. The third-order valence-corrected chi connectivity index (χ3v) is 8.32. The van der Waals surface area contributed by atoms with Gasteiger partial charge in [0.1, 0.15) is 11.4 Å². The van der Waals surface area contributed by atoms with Crippen LogP contribution in [0.15, 0.2) is 54.6 Å². The molecule has 0 N–H and O–H groups in total. The highest BCUT2D eigenvalue weighted by Gasteiger charge is 2.40. The van der Waals surface area contributed by atoms with Gasteiger partial charge >= 0.3 is 6.09 Å². The smallest absolute Gasteiger partial charge is 0.410 e. The first kappa shape index (κ1) is 27.6. The molecule has 4 nitrogen and oxygen atoms in total. The van der Waals surface area contributed by atoms with Crippen molar-refractivity contribution in [2.24, 2.45) is 11.8 Å². The maximum absolute atomic E-state index is 13.1. The number of rotatable bonds is 8. The van der Waals surface area contributed by atoms with Gasteiger partial charge in [0, 0.05) is 19.6 Å². The number of benzene rings is 2. The van der Waals surface area contributed by atoms with Crippen LogP contribution in [-0.4, -0.2) is 54.2 Å². The molecule has 1 saturated carbocycles. The molecule has 0 radical (unpaired) electrons. The van der Waals surface area contributed by atoms with Crippen molar-refractivity contribution in [3.63, 3.8) is 0 Å². The molecule has 3 unspecified atom stereocenters. The third kappa shape index (κ3) is 8.04. The highest BCUT2D eigenvalue weighted by molar-refractivity contribution is 5.68. The first-order valence-electron chi connectivity index (χ1n) is 14.2. The number of carbonyl (C=O) groups is 1. The third-order valence-electron chi connectivity index (χ3n) is 8.32. The Morgan fingerprint density at radius 3 is 2.35 bits per heavy atom. The van der Waals surface area contributed by atoms with Crippen molar-refractivity contribution in [2.45, 2.75) is 83.3 Å². The van der Waals surface area contributed by atoms with Gasteiger partial charge in [0.15, 0.2) is 0 Å². The van der Waals surface area contributed by atoms with Crippen molar-refractivity contribution < 1.29 is 13.9 Å². The number of ether oxygens (including phenoxy) is 1. The second-order valence-corrected chi connectivity index (χ2v) is 12.3. The molecular weight excluding hydrogens is 463 g/mol. The second-order valence-electron chi connectivity index (χ2n) is 12.3. The summed E-state index contributed by atoms with van der Waals surface area (Å²) in [5.41, 5.74) is 2.15. The fourth-order valence-electron chi connectivity index (χ4n) is 6.24. The monoisotopic (exact) mass is 508 g/mol. The highest BCUT2D eigenvalue weighted by Crippen LogP contribution is 2.42. The van der Waals surface area contributed by atoms with Crippen LogP contribution in [0.25, 0.3) is 0 Å². The van der Waals surface area contributed by atoms with Crippen LogP contribution in [0.4, 0.5) is 9.18 Å². The summed E-state index contributed by atoms with van der Waals surface area (Å²) in [7, 11) is 1.90. The lowest BCUT2D eigenvalue weighted by Crippen LogP contribution is -2.40. The second kappa shape index (κ2) is 12.4. The summed E-state index contributed by atoms with van der Waals surface area (Å²) in [6, 6.07) is 18.0. The van der Waals surface area contributed by atoms with E-state index in [0.29, 0.717) is 11.8 Å². The van der Waals surface area contributed by atoms with Crippen LogP contribution in [0.1, 0.15) is 76.3 Å². The number of nitrogens with zero attached hydrogens (tertiary/aromatic N) is 2. The quantitative estimate of drug-likeness (QED) is 0.375. The predicted octanol–water partition coefficient (Wildman–Crippen LogP) is 7.29.